The summed E-state index contributed by atoms with van der Waals surface area (Å²) in [6.07, 6.45) is 7.76. The lowest BCUT2D eigenvalue weighted by atomic mass is 10.1. The number of nitrogens with zero attached hydrogens (tertiary/aromatic N) is 3. The van der Waals surface area contributed by atoms with Crippen molar-refractivity contribution in [1.29, 1.82) is 0 Å². The van der Waals surface area contributed by atoms with Crippen LogP contribution in [0.5, 0.6) is 5.75 Å². The molecule has 2 N–H and O–H groups in total. The summed E-state index contributed by atoms with van der Waals surface area (Å²) in [6.45, 7) is 2.74. The molecule has 5 rings (SSSR count). The van der Waals surface area contributed by atoms with Gasteiger partial charge in [-0.05, 0) is 48.4 Å². The van der Waals surface area contributed by atoms with Crippen LogP contribution < -0.4 is 15.4 Å². The maximum atomic E-state index is 11.6. The van der Waals surface area contributed by atoms with E-state index in [2.05, 4.69) is 20.6 Å². The fraction of sp³-hybridized carbons (Fsp3) is 0.276. The van der Waals surface area contributed by atoms with Gasteiger partial charge in [0.05, 0.1) is 19.0 Å². The number of furan rings is 1. The van der Waals surface area contributed by atoms with E-state index in [9.17, 15) is 14.4 Å². The number of rotatable bonds is 8. The number of fused-ring (bicyclic) bond motifs is 2. The Hall–Kier alpha value is -4.73. The van der Waals surface area contributed by atoms with Crippen LogP contribution in [0.15, 0.2) is 65.5 Å². The number of aromatic nitrogens is 2. The first kappa shape index (κ1) is 27.3. The van der Waals surface area contributed by atoms with E-state index in [4.69, 9.17) is 9.15 Å². The van der Waals surface area contributed by atoms with E-state index >= 15 is 0 Å². The molecule has 39 heavy (non-hydrogen) atoms. The van der Waals surface area contributed by atoms with E-state index in [0.717, 1.165) is 52.1 Å². The van der Waals surface area contributed by atoms with Gasteiger partial charge in [0.1, 0.15) is 11.5 Å². The number of methoxy groups -OCH3 is 1. The molecule has 0 saturated heterocycles. The quantitative estimate of drug-likeness (QED) is 0.325. The highest BCUT2D eigenvalue weighted by Gasteiger charge is 2.24. The lowest BCUT2D eigenvalue weighted by Crippen LogP contribution is -2.42. The maximum Gasteiger partial charge on any atom is 0.321 e. The van der Waals surface area contributed by atoms with Gasteiger partial charge in [0.2, 0.25) is 6.41 Å². The molecule has 10 nitrogen and oxygen atoms in total. The van der Waals surface area contributed by atoms with Gasteiger partial charge >= 0.3 is 6.03 Å². The number of hydrogen-bond acceptors (Lipinski definition) is 7. The molecular formula is C29H31N5O5. The Morgan fingerprint density at radius 1 is 1.21 bits per heavy atom. The highest BCUT2D eigenvalue weighted by Crippen LogP contribution is 2.26. The molecule has 1 aliphatic heterocycles. The molecule has 1 atom stereocenters. The third-order valence-corrected chi connectivity index (χ3v) is 6.34. The van der Waals surface area contributed by atoms with E-state index in [1.807, 2.05) is 43.3 Å². The van der Waals surface area contributed by atoms with E-state index < -0.39 is 6.03 Å². The summed E-state index contributed by atoms with van der Waals surface area (Å²) >= 11 is 0. The van der Waals surface area contributed by atoms with Crippen LogP contribution in [0.3, 0.4) is 0 Å². The molecule has 3 aromatic heterocycles. The zero-order valence-corrected chi connectivity index (χ0v) is 22.1. The monoisotopic (exact) mass is 529 g/mol. The van der Waals surface area contributed by atoms with Crippen molar-refractivity contribution < 1.29 is 23.5 Å². The first-order valence-corrected chi connectivity index (χ1v) is 12.6. The topological polar surface area (TPSA) is 127 Å². The van der Waals surface area contributed by atoms with Crippen LogP contribution in [0, 0.1) is 0 Å². The van der Waals surface area contributed by atoms with Crippen molar-refractivity contribution in [2.75, 3.05) is 14.2 Å². The Kier molecular flexibility index (Phi) is 8.88. The van der Waals surface area contributed by atoms with Crippen LogP contribution in [-0.4, -0.2) is 53.4 Å². The van der Waals surface area contributed by atoms with Crippen LogP contribution >= 0.6 is 0 Å². The normalized spacial score (nSPS) is 12.8. The summed E-state index contributed by atoms with van der Waals surface area (Å²) in [4.78, 5) is 43.7. The number of imide groups is 1. The Morgan fingerprint density at radius 3 is 2.72 bits per heavy atom. The minimum Gasteiger partial charge on any atom is -0.497 e. The van der Waals surface area contributed by atoms with Crippen LogP contribution in [0.1, 0.15) is 41.4 Å². The smallest absolute Gasteiger partial charge is 0.321 e. The van der Waals surface area contributed by atoms with Gasteiger partial charge in [-0.2, -0.15) is 0 Å². The number of amides is 4. The second-order valence-electron chi connectivity index (χ2n) is 9.17. The number of ether oxygens (including phenoxy) is 1. The Balaban J connectivity index is 0.000000226. The van der Waals surface area contributed by atoms with E-state index in [1.165, 1.54) is 0 Å². The minimum absolute atomic E-state index is 0.0777. The third-order valence-electron chi connectivity index (χ3n) is 6.34. The van der Waals surface area contributed by atoms with E-state index in [-0.39, 0.29) is 11.9 Å². The molecule has 1 aromatic carbocycles. The van der Waals surface area contributed by atoms with Crippen molar-refractivity contribution >= 4 is 29.3 Å². The SMILES string of the molecule is CCCC(Cc1cc2cc(-c3ccncc3)ncc2o1)NC(=O)NC=O.COc1ccc2c(c1)C(=O)N(C)C2. The molecule has 0 aliphatic carbocycles. The van der Waals surface area contributed by atoms with Gasteiger partial charge in [0.25, 0.3) is 5.91 Å². The van der Waals surface area contributed by atoms with Gasteiger partial charge in [-0.1, -0.05) is 19.4 Å². The summed E-state index contributed by atoms with van der Waals surface area (Å²) in [5.41, 5.74) is 4.38. The zero-order valence-electron chi connectivity index (χ0n) is 22.1. The average Bonchev–Trinajstić information content (AvgIpc) is 3.48. The van der Waals surface area contributed by atoms with Crippen molar-refractivity contribution in [2.24, 2.45) is 0 Å². The molecule has 0 fully saturated rings. The molecule has 0 saturated carbocycles. The van der Waals surface area contributed by atoms with Crippen molar-refractivity contribution in [2.45, 2.75) is 38.8 Å². The Labute approximate surface area is 226 Å². The van der Waals surface area contributed by atoms with Crippen molar-refractivity contribution in [3.05, 3.63) is 77.9 Å². The molecule has 4 aromatic rings. The molecular weight excluding hydrogens is 498 g/mol. The predicted molar refractivity (Wildman–Crippen MR) is 146 cm³/mol. The lowest BCUT2D eigenvalue weighted by Gasteiger charge is -2.16. The van der Waals surface area contributed by atoms with Gasteiger partial charge in [0, 0.05) is 55.0 Å². The zero-order chi connectivity index (χ0) is 27.8. The Morgan fingerprint density at radius 2 is 2.00 bits per heavy atom. The van der Waals surface area contributed by atoms with Gasteiger partial charge in [-0.3, -0.25) is 24.9 Å². The first-order valence-electron chi connectivity index (χ1n) is 12.6. The molecule has 0 spiro atoms. The van der Waals surface area contributed by atoms with Crippen LogP contribution in [0.25, 0.3) is 22.2 Å². The summed E-state index contributed by atoms with van der Waals surface area (Å²) in [5.74, 6) is 1.58. The van der Waals surface area contributed by atoms with Crippen LogP contribution in [0.4, 0.5) is 4.79 Å². The fourth-order valence-corrected chi connectivity index (χ4v) is 4.43. The second kappa shape index (κ2) is 12.7. The predicted octanol–water partition coefficient (Wildman–Crippen LogP) is 4.34. The average molecular weight is 530 g/mol. The van der Waals surface area contributed by atoms with E-state index in [0.29, 0.717) is 25.0 Å². The summed E-state index contributed by atoms with van der Waals surface area (Å²) in [7, 11) is 3.40. The van der Waals surface area contributed by atoms with Gasteiger partial charge in [-0.15, -0.1) is 0 Å². The lowest BCUT2D eigenvalue weighted by molar-refractivity contribution is -0.108. The van der Waals surface area contributed by atoms with Gasteiger partial charge < -0.3 is 19.4 Å². The van der Waals surface area contributed by atoms with Crippen molar-refractivity contribution in [3.63, 3.8) is 0 Å². The maximum absolute atomic E-state index is 11.6. The number of benzene rings is 1. The number of nitrogens with one attached hydrogen (secondary N) is 2. The highest BCUT2D eigenvalue weighted by atomic mass is 16.5. The molecule has 1 unspecified atom stereocenters. The standard InChI is InChI=1S/C19H20N4O3.C10H11NO2/c1-2-3-15(23-19(25)22-12-24)10-16-8-14-9-17(21-11-18(14)26-16)13-4-6-20-7-5-13;1-11-6-7-3-4-8(13-2)5-9(7)10(11)12/h4-9,11-12,15H,2-3,10H2,1H3,(H2,22,23,24,25);3-5H,6H2,1-2H3. The molecule has 0 bridgehead atoms. The van der Waals surface area contributed by atoms with Gasteiger partial charge in [0.15, 0.2) is 5.58 Å². The van der Waals surface area contributed by atoms with Crippen LogP contribution in [-0.2, 0) is 17.8 Å². The van der Waals surface area contributed by atoms with Crippen molar-refractivity contribution in [3.8, 4) is 17.0 Å². The molecule has 202 valence electrons. The molecule has 4 heterocycles. The summed E-state index contributed by atoms with van der Waals surface area (Å²) in [5, 5.41) is 5.83. The number of carbonyl (C=O) groups excluding carboxylic acids is 3. The summed E-state index contributed by atoms with van der Waals surface area (Å²) < 4.78 is 10.9. The molecule has 4 amide bonds. The minimum atomic E-state index is -0.504. The summed E-state index contributed by atoms with van der Waals surface area (Å²) in [6, 6.07) is 12.7. The number of carbonyl (C=O) groups is 3. The second-order valence-corrected chi connectivity index (χ2v) is 9.17. The molecule has 10 heteroatoms. The molecule has 1 aliphatic rings. The van der Waals surface area contributed by atoms with Crippen LogP contribution in [0.2, 0.25) is 0 Å². The van der Waals surface area contributed by atoms with E-state index in [1.54, 1.807) is 43.7 Å². The number of pyridine rings is 2. The Bertz CT molecular complexity index is 1450. The van der Waals surface area contributed by atoms with Crippen molar-refractivity contribution in [1.82, 2.24) is 25.5 Å². The fourth-order valence-electron chi connectivity index (χ4n) is 4.43. The number of urea groups is 1. The first-order chi connectivity index (χ1) is 18.9. The molecule has 0 radical (unpaired) electrons. The highest BCUT2D eigenvalue weighted by molar-refractivity contribution is 5.98. The largest absolute Gasteiger partial charge is 0.497 e. The number of hydrogen-bond donors (Lipinski definition) is 2. The third kappa shape index (κ3) is 6.78. The van der Waals surface area contributed by atoms with Gasteiger partial charge in [-0.25, -0.2) is 4.79 Å².